The molecule has 1 N–H and O–H groups in total. The number of rotatable bonds is 5. The summed E-state index contributed by atoms with van der Waals surface area (Å²) in [6.07, 6.45) is 0. The van der Waals surface area contributed by atoms with Gasteiger partial charge >= 0.3 is 5.97 Å². The number of nitrogens with zero attached hydrogens (tertiary/aromatic N) is 2. The van der Waals surface area contributed by atoms with Crippen molar-refractivity contribution in [3.05, 3.63) is 73.1 Å². The maximum Gasteiger partial charge on any atom is 0.359 e. The van der Waals surface area contributed by atoms with Crippen molar-refractivity contribution in [3.63, 3.8) is 0 Å². The standard InChI is InChI=1S/C20H14ClN3O4S2/c1-2-28-20(27)16-13-10-30-18(22-17(25)14-7-4-8-29-14)15(13)19(26)24(23-16)12-6-3-5-11(21)9-12/h3-10H,2H2,1H3,(H,22,25). The summed E-state index contributed by atoms with van der Waals surface area (Å²) in [4.78, 5) is 38.8. The Morgan fingerprint density at radius 3 is 2.77 bits per heavy atom. The van der Waals surface area contributed by atoms with Gasteiger partial charge in [0.2, 0.25) is 0 Å². The van der Waals surface area contributed by atoms with Crippen molar-refractivity contribution >= 4 is 61.9 Å². The molecule has 0 saturated heterocycles. The fourth-order valence-corrected chi connectivity index (χ4v) is 4.58. The van der Waals surface area contributed by atoms with Crippen LogP contribution in [-0.4, -0.2) is 28.3 Å². The number of hydrogen-bond acceptors (Lipinski definition) is 7. The molecule has 152 valence electrons. The monoisotopic (exact) mass is 459 g/mol. The van der Waals surface area contributed by atoms with Crippen LogP contribution in [-0.2, 0) is 4.74 Å². The van der Waals surface area contributed by atoms with E-state index in [1.807, 2.05) is 0 Å². The van der Waals surface area contributed by atoms with Crippen LogP contribution in [0.5, 0.6) is 0 Å². The van der Waals surface area contributed by atoms with Gasteiger partial charge in [-0.2, -0.15) is 9.78 Å². The summed E-state index contributed by atoms with van der Waals surface area (Å²) in [6.45, 7) is 1.84. The van der Waals surface area contributed by atoms with E-state index in [0.29, 0.717) is 26.0 Å². The summed E-state index contributed by atoms with van der Waals surface area (Å²) in [7, 11) is 0. The van der Waals surface area contributed by atoms with Gasteiger partial charge in [0, 0.05) is 15.8 Å². The lowest BCUT2D eigenvalue weighted by molar-refractivity contribution is 0.0520. The molecule has 7 nitrogen and oxygen atoms in total. The first-order valence-corrected chi connectivity index (χ1v) is 11.0. The van der Waals surface area contributed by atoms with E-state index in [-0.39, 0.29) is 23.6 Å². The molecule has 0 unspecified atom stereocenters. The van der Waals surface area contributed by atoms with Crippen LogP contribution in [0.4, 0.5) is 5.00 Å². The van der Waals surface area contributed by atoms with Crippen LogP contribution in [0, 0.1) is 0 Å². The molecule has 0 aliphatic heterocycles. The number of halogens is 1. The van der Waals surface area contributed by atoms with Crippen molar-refractivity contribution in [1.82, 2.24) is 9.78 Å². The van der Waals surface area contributed by atoms with Gasteiger partial charge in [-0.15, -0.1) is 22.7 Å². The van der Waals surface area contributed by atoms with E-state index in [4.69, 9.17) is 16.3 Å². The van der Waals surface area contributed by atoms with Crippen molar-refractivity contribution in [2.75, 3.05) is 11.9 Å². The minimum Gasteiger partial charge on any atom is -0.461 e. The van der Waals surface area contributed by atoms with Gasteiger partial charge < -0.3 is 10.1 Å². The molecule has 0 aliphatic rings. The molecular weight excluding hydrogens is 446 g/mol. The van der Waals surface area contributed by atoms with Gasteiger partial charge in [0.1, 0.15) is 5.00 Å². The van der Waals surface area contributed by atoms with E-state index in [0.717, 1.165) is 16.0 Å². The molecular formula is C20H14ClN3O4S2. The van der Waals surface area contributed by atoms with E-state index >= 15 is 0 Å². The maximum absolute atomic E-state index is 13.3. The third-order valence-corrected chi connectivity index (χ3v) is 6.15. The Bertz CT molecular complexity index is 1310. The molecule has 0 atom stereocenters. The van der Waals surface area contributed by atoms with Gasteiger partial charge in [-0.25, -0.2) is 4.79 Å². The summed E-state index contributed by atoms with van der Waals surface area (Å²) < 4.78 is 6.21. The first-order chi connectivity index (χ1) is 14.5. The molecule has 1 amide bonds. The number of thiophene rings is 2. The quantitative estimate of drug-likeness (QED) is 0.441. The van der Waals surface area contributed by atoms with E-state index < -0.39 is 11.5 Å². The molecule has 10 heteroatoms. The Balaban J connectivity index is 1.92. The highest BCUT2D eigenvalue weighted by Gasteiger charge is 2.23. The van der Waals surface area contributed by atoms with Crippen LogP contribution in [0.2, 0.25) is 5.02 Å². The number of carbonyl (C=O) groups excluding carboxylic acids is 2. The second-order valence-corrected chi connectivity index (χ2v) is 8.31. The fourth-order valence-electron chi connectivity index (χ4n) is 2.85. The second-order valence-electron chi connectivity index (χ2n) is 6.05. The predicted molar refractivity (Wildman–Crippen MR) is 118 cm³/mol. The molecule has 0 spiro atoms. The van der Waals surface area contributed by atoms with Gasteiger partial charge in [-0.3, -0.25) is 9.59 Å². The number of amides is 1. The number of ether oxygens (including phenoxy) is 1. The minimum absolute atomic E-state index is 0.0145. The number of benzene rings is 1. The van der Waals surface area contributed by atoms with Gasteiger partial charge in [-0.1, -0.05) is 23.7 Å². The molecule has 0 saturated carbocycles. The van der Waals surface area contributed by atoms with Crippen LogP contribution in [0.15, 0.2) is 52.0 Å². The smallest absolute Gasteiger partial charge is 0.359 e. The minimum atomic E-state index is -0.660. The predicted octanol–water partition coefficient (Wildman–Crippen LogP) is 4.59. The van der Waals surface area contributed by atoms with E-state index in [1.165, 1.54) is 11.3 Å². The molecule has 1 aromatic carbocycles. The van der Waals surface area contributed by atoms with Crippen LogP contribution in [0.25, 0.3) is 16.5 Å². The topological polar surface area (TPSA) is 90.3 Å². The van der Waals surface area contributed by atoms with Crippen molar-refractivity contribution in [3.8, 4) is 5.69 Å². The third-order valence-electron chi connectivity index (χ3n) is 4.15. The summed E-state index contributed by atoms with van der Waals surface area (Å²) in [6, 6.07) is 10.0. The molecule has 0 aliphatic carbocycles. The van der Waals surface area contributed by atoms with Crippen LogP contribution in [0.3, 0.4) is 0 Å². The molecule has 3 aromatic heterocycles. The molecule has 4 aromatic rings. The zero-order valence-electron chi connectivity index (χ0n) is 15.5. The Morgan fingerprint density at radius 1 is 1.23 bits per heavy atom. The first kappa shape index (κ1) is 20.3. The van der Waals surface area contributed by atoms with Crippen LogP contribution in [0.1, 0.15) is 27.1 Å². The van der Waals surface area contributed by atoms with Crippen molar-refractivity contribution in [2.24, 2.45) is 0 Å². The zero-order valence-corrected chi connectivity index (χ0v) is 17.9. The average Bonchev–Trinajstić information content (AvgIpc) is 3.39. The summed E-state index contributed by atoms with van der Waals surface area (Å²) in [5.41, 5.74) is -0.107. The largest absolute Gasteiger partial charge is 0.461 e. The molecule has 0 bridgehead atoms. The van der Waals surface area contributed by atoms with Crippen molar-refractivity contribution in [1.29, 1.82) is 0 Å². The SMILES string of the molecule is CCOC(=O)c1nn(-c2cccc(Cl)c2)c(=O)c2c(NC(=O)c3cccs3)scc12. The van der Waals surface area contributed by atoms with Crippen molar-refractivity contribution in [2.45, 2.75) is 6.92 Å². The molecule has 3 heterocycles. The van der Waals surface area contributed by atoms with E-state index in [2.05, 4.69) is 10.4 Å². The lowest BCUT2D eigenvalue weighted by atomic mass is 10.2. The number of esters is 1. The number of anilines is 1. The molecule has 30 heavy (non-hydrogen) atoms. The first-order valence-electron chi connectivity index (χ1n) is 8.82. The van der Waals surface area contributed by atoms with Gasteiger partial charge in [0.15, 0.2) is 5.69 Å². The average molecular weight is 460 g/mol. The maximum atomic E-state index is 13.3. The number of carbonyl (C=O) groups is 2. The Labute approximate surface area is 183 Å². The highest BCUT2D eigenvalue weighted by molar-refractivity contribution is 7.16. The second kappa shape index (κ2) is 8.39. The van der Waals surface area contributed by atoms with Crippen LogP contribution >= 0.6 is 34.3 Å². The number of fused-ring (bicyclic) bond motifs is 1. The summed E-state index contributed by atoms with van der Waals surface area (Å²) in [5.74, 6) is -0.996. The Kier molecular flexibility index (Phi) is 5.67. The Morgan fingerprint density at radius 2 is 2.07 bits per heavy atom. The summed E-state index contributed by atoms with van der Waals surface area (Å²) in [5, 5.41) is 11.7. The zero-order chi connectivity index (χ0) is 21.3. The van der Waals surface area contributed by atoms with Crippen LogP contribution < -0.4 is 10.9 Å². The van der Waals surface area contributed by atoms with E-state index in [9.17, 15) is 14.4 Å². The van der Waals surface area contributed by atoms with E-state index in [1.54, 1.807) is 54.1 Å². The lowest BCUT2D eigenvalue weighted by Gasteiger charge is -2.10. The summed E-state index contributed by atoms with van der Waals surface area (Å²) >= 11 is 8.50. The normalized spacial score (nSPS) is 10.9. The fraction of sp³-hybridized carbons (Fsp3) is 0.100. The van der Waals surface area contributed by atoms with Gasteiger partial charge in [0.05, 0.1) is 22.6 Å². The van der Waals surface area contributed by atoms with Gasteiger partial charge in [-0.05, 0) is 36.6 Å². The highest BCUT2D eigenvalue weighted by atomic mass is 35.5. The number of aromatic nitrogens is 2. The molecule has 0 radical (unpaired) electrons. The number of hydrogen-bond donors (Lipinski definition) is 1. The Hall–Kier alpha value is -3.01. The number of nitrogens with one attached hydrogen (secondary N) is 1. The highest BCUT2D eigenvalue weighted by Crippen LogP contribution is 2.31. The lowest BCUT2D eigenvalue weighted by Crippen LogP contribution is -2.25. The molecule has 0 fully saturated rings. The van der Waals surface area contributed by atoms with Crippen molar-refractivity contribution < 1.29 is 14.3 Å². The van der Waals surface area contributed by atoms with Gasteiger partial charge in [0.25, 0.3) is 11.5 Å². The molecule has 4 rings (SSSR count). The third kappa shape index (κ3) is 3.74.